The summed E-state index contributed by atoms with van der Waals surface area (Å²) in [7, 11) is 0. The number of aromatic amines is 1. The molecule has 2 amide bonds. The maximum Gasteiger partial charge on any atom is 0.318 e. The van der Waals surface area contributed by atoms with Gasteiger partial charge >= 0.3 is 6.03 Å². The van der Waals surface area contributed by atoms with Crippen molar-refractivity contribution in [2.24, 2.45) is 5.92 Å². The molecule has 0 aliphatic carbocycles. The van der Waals surface area contributed by atoms with Crippen molar-refractivity contribution in [1.82, 2.24) is 20.4 Å². The average molecular weight is 334 g/mol. The summed E-state index contributed by atoms with van der Waals surface area (Å²) in [4.78, 5) is 15.0. The van der Waals surface area contributed by atoms with Crippen molar-refractivity contribution < 1.29 is 9.53 Å². The van der Waals surface area contributed by atoms with E-state index in [1.165, 1.54) is 12.0 Å². The smallest absolute Gasteiger partial charge is 0.318 e. The molecule has 134 valence electrons. The number of nitrogens with zero attached hydrogens (tertiary/aromatic N) is 2. The van der Waals surface area contributed by atoms with E-state index in [0.29, 0.717) is 5.92 Å². The SMILES string of the molecule is Cc1n[nH]c(C)c1[C@@H]1CCCCCN1C(=O)N[C@H](C)[C@@H]1CCOC1. The highest BCUT2D eigenvalue weighted by Gasteiger charge is 2.32. The van der Waals surface area contributed by atoms with Crippen LogP contribution in [0.3, 0.4) is 0 Å². The number of carbonyl (C=O) groups excluding carboxylic acids is 1. The van der Waals surface area contributed by atoms with Gasteiger partial charge in [0.15, 0.2) is 0 Å². The fourth-order valence-electron chi connectivity index (χ4n) is 4.04. The molecule has 0 saturated carbocycles. The van der Waals surface area contributed by atoms with E-state index in [-0.39, 0.29) is 18.1 Å². The summed E-state index contributed by atoms with van der Waals surface area (Å²) in [5.41, 5.74) is 3.28. The highest BCUT2D eigenvalue weighted by atomic mass is 16.5. The summed E-state index contributed by atoms with van der Waals surface area (Å²) in [6.45, 7) is 8.55. The first-order valence-electron chi connectivity index (χ1n) is 9.24. The van der Waals surface area contributed by atoms with Crippen LogP contribution < -0.4 is 5.32 Å². The summed E-state index contributed by atoms with van der Waals surface area (Å²) in [6.07, 6.45) is 5.45. The van der Waals surface area contributed by atoms with Crippen molar-refractivity contribution in [3.8, 4) is 0 Å². The molecule has 24 heavy (non-hydrogen) atoms. The second-order valence-electron chi connectivity index (χ2n) is 7.27. The van der Waals surface area contributed by atoms with Gasteiger partial charge in [-0.1, -0.05) is 12.8 Å². The number of urea groups is 1. The number of H-pyrrole nitrogens is 1. The van der Waals surface area contributed by atoms with E-state index < -0.39 is 0 Å². The van der Waals surface area contributed by atoms with Crippen LogP contribution in [0.25, 0.3) is 0 Å². The van der Waals surface area contributed by atoms with Gasteiger partial charge in [-0.25, -0.2) is 4.79 Å². The summed E-state index contributed by atoms with van der Waals surface area (Å²) >= 11 is 0. The molecule has 2 N–H and O–H groups in total. The van der Waals surface area contributed by atoms with Gasteiger partial charge in [0.25, 0.3) is 0 Å². The molecule has 3 heterocycles. The summed E-state index contributed by atoms with van der Waals surface area (Å²) in [5, 5.41) is 10.6. The number of aryl methyl sites for hydroxylation is 2. The predicted octanol–water partition coefficient (Wildman–Crippen LogP) is 3.08. The van der Waals surface area contributed by atoms with E-state index >= 15 is 0 Å². The quantitative estimate of drug-likeness (QED) is 0.892. The first kappa shape index (κ1) is 17.3. The van der Waals surface area contributed by atoms with E-state index in [9.17, 15) is 4.79 Å². The number of aromatic nitrogens is 2. The van der Waals surface area contributed by atoms with Crippen molar-refractivity contribution in [2.75, 3.05) is 19.8 Å². The molecule has 0 unspecified atom stereocenters. The van der Waals surface area contributed by atoms with Crippen molar-refractivity contribution >= 4 is 6.03 Å². The Balaban J connectivity index is 1.75. The summed E-state index contributed by atoms with van der Waals surface area (Å²) in [6, 6.07) is 0.329. The zero-order chi connectivity index (χ0) is 17.1. The topological polar surface area (TPSA) is 70.2 Å². The number of amides is 2. The fourth-order valence-corrected chi connectivity index (χ4v) is 4.04. The maximum absolute atomic E-state index is 13.0. The first-order valence-corrected chi connectivity index (χ1v) is 9.24. The van der Waals surface area contributed by atoms with Gasteiger partial charge in [0.1, 0.15) is 0 Å². The van der Waals surface area contributed by atoms with E-state index in [4.69, 9.17) is 4.74 Å². The summed E-state index contributed by atoms with van der Waals surface area (Å²) < 4.78 is 5.46. The van der Waals surface area contributed by atoms with Gasteiger partial charge in [-0.05, 0) is 40.0 Å². The number of ether oxygens (including phenoxy) is 1. The third-order valence-corrected chi connectivity index (χ3v) is 5.56. The Morgan fingerprint density at radius 1 is 1.33 bits per heavy atom. The Labute approximate surface area is 144 Å². The van der Waals surface area contributed by atoms with Gasteiger partial charge in [-0.2, -0.15) is 5.10 Å². The number of hydrogen-bond acceptors (Lipinski definition) is 3. The Morgan fingerprint density at radius 2 is 2.17 bits per heavy atom. The van der Waals surface area contributed by atoms with Gasteiger partial charge in [0.05, 0.1) is 18.3 Å². The average Bonchev–Trinajstić information content (AvgIpc) is 3.13. The van der Waals surface area contributed by atoms with Gasteiger partial charge in [-0.15, -0.1) is 0 Å². The first-order chi connectivity index (χ1) is 11.6. The standard InChI is InChI=1S/C18H30N4O2/c1-12(15-8-10-24-11-15)19-18(23)22-9-6-4-5-7-16(22)17-13(2)20-21-14(17)3/h12,15-16H,4-11H2,1-3H3,(H,19,23)(H,20,21)/t12-,15-,16+/m1/s1. The number of hydrogen-bond donors (Lipinski definition) is 2. The normalized spacial score (nSPS) is 26.2. The lowest BCUT2D eigenvalue weighted by molar-refractivity contribution is 0.160. The molecule has 2 saturated heterocycles. The van der Waals surface area contributed by atoms with Crippen molar-refractivity contribution in [3.63, 3.8) is 0 Å². The number of carbonyl (C=O) groups is 1. The largest absolute Gasteiger partial charge is 0.381 e. The molecule has 2 fully saturated rings. The number of likely N-dealkylation sites (tertiary alicyclic amines) is 1. The number of rotatable bonds is 3. The van der Waals surface area contributed by atoms with Crippen LogP contribution in [0.4, 0.5) is 4.79 Å². The second kappa shape index (κ2) is 7.55. The predicted molar refractivity (Wildman–Crippen MR) is 92.9 cm³/mol. The van der Waals surface area contributed by atoms with Gasteiger partial charge < -0.3 is 15.0 Å². The molecule has 1 aromatic rings. The fraction of sp³-hybridized carbons (Fsp3) is 0.778. The van der Waals surface area contributed by atoms with Crippen LogP contribution in [0.5, 0.6) is 0 Å². The Kier molecular flexibility index (Phi) is 5.43. The van der Waals surface area contributed by atoms with Crippen molar-refractivity contribution in [2.45, 2.75) is 65.0 Å². The molecule has 3 atom stereocenters. The van der Waals surface area contributed by atoms with E-state index in [0.717, 1.165) is 56.8 Å². The van der Waals surface area contributed by atoms with Crippen LogP contribution in [0.2, 0.25) is 0 Å². The summed E-state index contributed by atoms with van der Waals surface area (Å²) in [5.74, 6) is 0.428. The molecule has 2 aliphatic heterocycles. The molecule has 0 aromatic carbocycles. The lowest BCUT2D eigenvalue weighted by atomic mass is 9.98. The Bertz CT molecular complexity index is 546. The van der Waals surface area contributed by atoms with Crippen molar-refractivity contribution in [1.29, 1.82) is 0 Å². The Hall–Kier alpha value is -1.56. The zero-order valence-electron chi connectivity index (χ0n) is 15.1. The molecule has 6 heteroatoms. The molecule has 0 bridgehead atoms. The molecule has 3 rings (SSSR count). The van der Waals surface area contributed by atoms with Crippen LogP contribution >= 0.6 is 0 Å². The van der Waals surface area contributed by atoms with Crippen molar-refractivity contribution in [3.05, 3.63) is 17.0 Å². The lowest BCUT2D eigenvalue weighted by Crippen LogP contribution is -2.48. The highest BCUT2D eigenvalue weighted by molar-refractivity contribution is 5.75. The maximum atomic E-state index is 13.0. The van der Waals surface area contributed by atoms with Crippen LogP contribution in [0, 0.1) is 19.8 Å². The molecule has 0 radical (unpaired) electrons. The molecular weight excluding hydrogens is 304 g/mol. The van der Waals surface area contributed by atoms with E-state index in [1.807, 2.05) is 11.8 Å². The van der Waals surface area contributed by atoms with Crippen LogP contribution in [-0.2, 0) is 4.74 Å². The number of nitrogens with one attached hydrogen (secondary N) is 2. The van der Waals surface area contributed by atoms with Crippen LogP contribution in [0.15, 0.2) is 0 Å². The van der Waals surface area contributed by atoms with Gasteiger partial charge in [0, 0.05) is 36.4 Å². The molecule has 0 spiro atoms. The van der Waals surface area contributed by atoms with Gasteiger partial charge in [0.2, 0.25) is 0 Å². The Morgan fingerprint density at radius 3 is 2.83 bits per heavy atom. The third-order valence-electron chi connectivity index (χ3n) is 5.56. The van der Waals surface area contributed by atoms with E-state index in [1.54, 1.807) is 0 Å². The minimum Gasteiger partial charge on any atom is -0.381 e. The molecular formula is C18H30N4O2. The zero-order valence-corrected chi connectivity index (χ0v) is 15.1. The monoisotopic (exact) mass is 334 g/mol. The lowest BCUT2D eigenvalue weighted by Gasteiger charge is -2.32. The second-order valence-corrected chi connectivity index (χ2v) is 7.27. The van der Waals surface area contributed by atoms with Crippen LogP contribution in [0.1, 0.15) is 62.0 Å². The minimum atomic E-state index is 0.0568. The van der Waals surface area contributed by atoms with E-state index in [2.05, 4.69) is 29.4 Å². The third kappa shape index (κ3) is 3.58. The van der Waals surface area contributed by atoms with Crippen LogP contribution in [-0.4, -0.2) is 46.9 Å². The van der Waals surface area contributed by atoms with Gasteiger partial charge in [-0.3, -0.25) is 5.10 Å². The molecule has 6 nitrogen and oxygen atoms in total. The molecule has 1 aromatic heterocycles. The molecule has 2 aliphatic rings. The highest BCUT2D eigenvalue weighted by Crippen LogP contribution is 2.33. The minimum absolute atomic E-state index is 0.0568.